The van der Waals surface area contributed by atoms with Crippen LogP contribution in [0, 0.1) is 16.6 Å². The summed E-state index contributed by atoms with van der Waals surface area (Å²) in [6.45, 7) is 2.02. The standard InChI is InChI=1S/C29H31ClFN7O3/c1-36(11-10-27(40)35-18-39)28-13-34-29(37(28)2)19-6-7-20-14-38(15-21(20)12-19)16-22(32)8-9-26(33)41-17-23-24(30)4-3-5-25(23)31/h3-9,12-13,18,32-33H,10-11,14-17H2,1-2H3,(H,35,39,40)/b9-8-,32-22?,33-26?. The number of nitrogens with one attached hydrogen (secondary N) is 3. The van der Waals surface area contributed by atoms with Crippen molar-refractivity contribution in [3.8, 4) is 11.4 Å². The van der Waals surface area contributed by atoms with Gasteiger partial charge in [0.2, 0.25) is 18.2 Å². The molecule has 2 heterocycles. The molecule has 0 unspecified atom stereocenters. The van der Waals surface area contributed by atoms with E-state index in [-0.39, 0.29) is 35.4 Å². The van der Waals surface area contributed by atoms with Crippen molar-refractivity contribution in [3.05, 3.63) is 82.3 Å². The normalized spacial score (nSPS) is 12.8. The first kappa shape index (κ1) is 29.6. The molecule has 214 valence electrons. The summed E-state index contributed by atoms with van der Waals surface area (Å²) >= 11 is 5.99. The van der Waals surface area contributed by atoms with Gasteiger partial charge in [-0.15, -0.1) is 0 Å². The van der Waals surface area contributed by atoms with E-state index in [0.717, 1.165) is 22.8 Å². The Labute approximate surface area is 242 Å². The zero-order valence-corrected chi connectivity index (χ0v) is 23.5. The molecule has 41 heavy (non-hydrogen) atoms. The zero-order chi connectivity index (χ0) is 29.5. The van der Waals surface area contributed by atoms with Crippen molar-refractivity contribution in [2.24, 2.45) is 7.05 Å². The van der Waals surface area contributed by atoms with Gasteiger partial charge in [-0.05, 0) is 35.4 Å². The molecule has 1 aliphatic rings. The molecule has 0 spiro atoms. The Morgan fingerprint density at radius 2 is 2.00 bits per heavy atom. The van der Waals surface area contributed by atoms with Gasteiger partial charge in [0.05, 0.1) is 11.2 Å². The molecule has 2 aromatic carbocycles. The molecule has 10 nitrogen and oxygen atoms in total. The Morgan fingerprint density at radius 1 is 1.22 bits per heavy atom. The lowest BCUT2D eigenvalue weighted by Gasteiger charge is -2.19. The Balaban J connectivity index is 1.31. The smallest absolute Gasteiger partial charge is 0.228 e. The predicted octanol–water partition coefficient (Wildman–Crippen LogP) is 4.06. The summed E-state index contributed by atoms with van der Waals surface area (Å²) < 4.78 is 21.1. The van der Waals surface area contributed by atoms with Crippen LogP contribution in [0.5, 0.6) is 0 Å². The first-order valence-electron chi connectivity index (χ1n) is 12.9. The molecule has 0 aliphatic carbocycles. The molecule has 0 atom stereocenters. The van der Waals surface area contributed by atoms with Gasteiger partial charge in [-0.1, -0.05) is 29.8 Å². The van der Waals surface area contributed by atoms with Gasteiger partial charge in [0.1, 0.15) is 24.1 Å². The van der Waals surface area contributed by atoms with Crippen LogP contribution in [0.4, 0.5) is 10.2 Å². The number of halogens is 2. The summed E-state index contributed by atoms with van der Waals surface area (Å²) in [5, 5.41) is 18.7. The Bertz CT molecular complexity index is 1480. The fourth-order valence-corrected chi connectivity index (χ4v) is 4.82. The molecule has 0 radical (unpaired) electrons. The number of hydrogen-bond acceptors (Lipinski definition) is 8. The van der Waals surface area contributed by atoms with E-state index in [0.29, 0.717) is 38.3 Å². The lowest BCUT2D eigenvalue weighted by atomic mass is 10.1. The van der Waals surface area contributed by atoms with Crippen molar-refractivity contribution in [2.75, 3.05) is 25.0 Å². The first-order valence-corrected chi connectivity index (χ1v) is 13.2. The van der Waals surface area contributed by atoms with Gasteiger partial charge < -0.3 is 19.6 Å². The Kier molecular flexibility index (Phi) is 9.64. The highest BCUT2D eigenvalue weighted by molar-refractivity contribution is 6.31. The van der Waals surface area contributed by atoms with E-state index in [1.807, 2.05) is 29.6 Å². The highest BCUT2D eigenvalue weighted by Gasteiger charge is 2.21. The van der Waals surface area contributed by atoms with Crippen molar-refractivity contribution >= 4 is 41.3 Å². The van der Waals surface area contributed by atoms with Crippen LogP contribution in [0.1, 0.15) is 23.1 Å². The summed E-state index contributed by atoms with van der Waals surface area (Å²) in [5.41, 5.74) is 3.79. The molecule has 3 aromatic rings. The van der Waals surface area contributed by atoms with E-state index in [4.69, 9.17) is 27.2 Å². The minimum absolute atomic E-state index is 0.169. The molecule has 2 amide bonds. The van der Waals surface area contributed by atoms with Gasteiger partial charge in [0, 0.05) is 69.6 Å². The number of fused-ring (bicyclic) bond motifs is 1. The quantitative estimate of drug-likeness (QED) is 0.169. The number of imide groups is 1. The highest BCUT2D eigenvalue weighted by Crippen LogP contribution is 2.29. The molecule has 12 heteroatoms. The molecule has 0 saturated carbocycles. The number of imidazole rings is 1. The van der Waals surface area contributed by atoms with Crippen LogP contribution in [0.2, 0.25) is 5.02 Å². The number of ether oxygens (including phenoxy) is 1. The van der Waals surface area contributed by atoms with Crippen molar-refractivity contribution in [1.82, 2.24) is 19.8 Å². The predicted molar refractivity (Wildman–Crippen MR) is 156 cm³/mol. The third-order valence-electron chi connectivity index (χ3n) is 6.76. The SMILES string of the molecule is CN(CCC(=O)NC=O)c1cnc(-c2ccc3c(c2)CN(CC(=N)/C=C\C(=N)OCc2c(F)cccc2Cl)C3)n1C. The fourth-order valence-electron chi connectivity index (χ4n) is 4.60. The number of carbonyl (C=O) groups excluding carboxylic acids is 2. The van der Waals surface area contributed by atoms with Crippen LogP contribution in [-0.4, -0.2) is 58.5 Å². The molecule has 3 N–H and O–H groups in total. The second-order valence-electron chi connectivity index (χ2n) is 9.70. The number of amides is 2. The summed E-state index contributed by atoms with van der Waals surface area (Å²) in [4.78, 5) is 30.7. The Hall–Kier alpha value is -4.35. The Morgan fingerprint density at radius 3 is 2.76 bits per heavy atom. The van der Waals surface area contributed by atoms with Crippen LogP contribution >= 0.6 is 11.6 Å². The van der Waals surface area contributed by atoms with Crippen LogP contribution in [0.15, 0.2) is 54.7 Å². The van der Waals surface area contributed by atoms with E-state index in [1.54, 1.807) is 12.3 Å². The number of benzene rings is 2. The monoisotopic (exact) mass is 579 g/mol. The second-order valence-corrected chi connectivity index (χ2v) is 10.1. The average molecular weight is 580 g/mol. The molecular formula is C29H31ClFN7O3. The van der Waals surface area contributed by atoms with Crippen LogP contribution < -0.4 is 10.2 Å². The largest absolute Gasteiger partial charge is 0.473 e. The van der Waals surface area contributed by atoms with Gasteiger partial charge >= 0.3 is 0 Å². The third kappa shape index (κ3) is 7.44. The molecule has 4 rings (SSSR count). The lowest BCUT2D eigenvalue weighted by Crippen LogP contribution is -2.28. The van der Waals surface area contributed by atoms with E-state index in [2.05, 4.69) is 27.3 Å². The second kappa shape index (κ2) is 13.3. The van der Waals surface area contributed by atoms with E-state index in [9.17, 15) is 14.0 Å². The van der Waals surface area contributed by atoms with Crippen molar-refractivity contribution in [2.45, 2.75) is 26.1 Å². The maximum atomic E-state index is 13.9. The van der Waals surface area contributed by atoms with E-state index < -0.39 is 5.82 Å². The van der Waals surface area contributed by atoms with Crippen molar-refractivity contribution < 1.29 is 18.7 Å². The number of rotatable bonds is 12. The minimum atomic E-state index is -0.493. The summed E-state index contributed by atoms with van der Waals surface area (Å²) in [6, 6.07) is 10.6. The first-order chi connectivity index (χ1) is 19.7. The summed E-state index contributed by atoms with van der Waals surface area (Å²) in [7, 11) is 3.78. The molecular weight excluding hydrogens is 549 g/mol. The van der Waals surface area contributed by atoms with Crippen molar-refractivity contribution in [1.29, 1.82) is 10.8 Å². The van der Waals surface area contributed by atoms with Crippen molar-refractivity contribution in [3.63, 3.8) is 0 Å². The highest BCUT2D eigenvalue weighted by atomic mass is 35.5. The molecule has 0 saturated heterocycles. The third-order valence-corrected chi connectivity index (χ3v) is 7.12. The maximum Gasteiger partial charge on any atom is 0.228 e. The van der Waals surface area contributed by atoms with E-state index >= 15 is 0 Å². The topological polar surface area (TPSA) is 127 Å². The van der Waals surface area contributed by atoms with E-state index in [1.165, 1.54) is 29.8 Å². The molecule has 0 bridgehead atoms. The number of aromatic nitrogens is 2. The van der Waals surface area contributed by atoms with Crippen LogP contribution in [0.25, 0.3) is 11.4 Å². The maximum absolute atomic E-state index is 13.9. The minimum Gasteiger partial charge on any atom is -0.473 e. The zero-order valence-electron chi connectivity index (χ0n) is 22.8. The number of hydrogen-bond donors (Lipinski definition) is 3. The molecule has 1 aliphatic heterocycles. The number of carbonyl (C=O) groups is 2. The van der Waals surface area contributed by atoms with Gasteiger partial charge in [0.15, 0.2) is 0 Å². The average Bonchev–Trinajstić information content (AvgIpc) is 3.52. The van der Waals surface area contributed by atoms with Gasteiger partial charge in [-0.2, -0.15) is 0 Å². The van der Waals surface area contributed by atoms with Gasteiger partial charge in [-0.3, -0.25) is 25.2 Å². The summed E-state index contributed by atoms with van der Waals surface area (Å²) in [5.74, 6) is 0.613. The van der Waals surface area contributed by atoms with Crippen LogP contribution in [0.3, 0.4) is 0 Å². The number of anilines is 1. The fraction of sp³-hybridized carbons (Fsp3) is 0.276. The molecule has 0 fully saturated rings. The number of nitrogens with zero attached hydrogens (tertiary/aromatic N) is 4. The van der Waals surface area contributed by atoms with Crippen LogP contribution in [-0.2, 0) is 41.1 Å². The lowest BCUT2D eigenvalue weighted by molar-refractivity contribution is -0.125. The molecule has 1 aromatic heterocycles. The van der Waals surface area contributed by atoms with Gasteiger partial charge in [0.25, 0.3) is 0 Å². The summed E-state index contributed by atoms with van der Waals surface area (Å²) in [6.07, 6.45) is 5.21. The van der Waals surface area contributed by atoms with Gasteiger partial charge in [-0.25, -0.2) is 9.37 Å².